The average Bonchev–Trinajstić information content (AvgIpc) is 2.66. The fourth-order valence-corrected chi connectivity index (χ4v) is 3.86. The molecule has 148 valence electrons. The van der Waals surface area contributed by atoms with Crippen molar-refractivity contribution in [2.24, 2.45) is 0 Å². The summed E-state index contributed by atoms with van der Waals surface area (Å²) < 4.78 is 1.27. The van der Waals surface area contributed by atoms with Crippen LogP contribution in [0.5, 0.6) is 0 Å². The third-order valence-corrected chi connectivity index (χ3v) is 5.53. The Morgan fingerprint density at radius 2 is 1.31 bits per heavy atom. The molecule has 0 aromatic heterocycles. The Morgan fingerprint density at radius 1 is 0.808 bits per heavy atom. The Balaban J connectivity index is 2.65. The lowest BCUT2D eigenvalue weighted by atomic mass is 10.0. The van der Waals surface area contributed by atoms with Crippen molar-refractivity contribution in [2.75, 3.05) is 26.2 Å². The summed E-state index contributed by atoms with van der Waals surface area (Å²) in [5.74, 6) is -0.806. The Kier molecular flexibility index (Phi) is 11.3. The van der Waals surface area contributed by atoms with Crippen molar-refractivity contribution >= 4 is 5.97 Å². The van der Waals surface area contributed by atoms with E-state index in [2.05, 4.69) is 20.8 Å². The second-order valence-corrected chi connectivity index (χ2v) is 7.72. The van der Waals surface area contributed by atoms with Crippen molar-refractivity contribution in [3.8, 4) is 0 Å². The largest absolute Gasteiger partial charge is 0.478 e. The number of aryl methyl sites for hydroxylation is 1. The van der Waals surface area contributed by atoms with Gasteiger partial charge < -0.3 is 9.59 Å². The molecule has 0 spiro atoms. The van der Waals surface area contributed by atoms with Crippen molar-refractivity contribution < 1.29 is 14.4 Å². The molecule has 3 nitrogen and oxygen atoms in total. The Labute approximate surface area is 161 Å². The van der Waals surface area contributed by atoms with E-state index in [1.54, 1.807) is 6.07 Å². The van der Waals surface area contributed by atoms with Gasteiger partial charge in [-0.25, -0.2) is 4.79 Å². The van der Waals surface area contributed by atoms with Crippen molar-refractivity contribution in [1.29, 1.82) is 0 Å². The number of carboxylic acid groups (broad SMARTS) is 1. The van der Waals surface area contributed by atoms with Crippen molar-refractivity contribution in [3.63, 3.8) is 0 Å². The normalized spacial score (nSPS) is 11.7. The minimum Gasteiger partial charge on any atom is -0.478 e. The molecule has 1 aromatic carbocycles. The smallest absolute Gasteiger partial charge is 0.335 e. The maximum atomic E-state index is 11.4. The molecule has 1 N–H and O–H groups in total. The van der Waals surface area contributed by atoms with E-state index in [1.165, 1.54) is 75.6 Å². The molecular weight excluding hydrogens is 322 g/mol. The van der Waals surface area contributed by atoms with Gasteiger partial charge in [-0.2, -0.15) is 0 Å². The Morgan fingerprint density at radius 3 is 1.81 bits per heavy atom. The molecule has 0 amide bonds. The number of benzene rings is 1. The monoisotopic (exact) mass is 362 g/mol. The van der Waals surface area contributed by atoms with E-state index in [0.29, 0.717) is 5.56 Å². The van der Waals surface area contributed by atoms with Crippen LogP contribution in [0, 0.1) is 0 Å². The number of rotatable bonds is 15. The summed E-state index contributed by atoms with van der Waals surface area (Å²) >= 11 is 0. The van der Waals surface area contributed by atoms with Crippen LogP contribution in [-0.4, -0.2) is 41.7 Å². The number of unbranched alkanes of at least 4 members (excludes halogenated alkanes) is 4. The molecule has 0 fully saturated rings. The van der Waals surface area contributed by atoms with E-state index in [0.717, 1.165) is 18.4 Å². The van der Waals surface area contributed by atoms with Gasteiger partial charge in [-0.05, 0) is 50.2 Å². The van der Waals surface area contributed by atoms with Crippen LogP contribution in [0.1, 0.15) is 88.1 Å². The summed E-state index contributed by atoms with van der Waals surface area (Å²) in [5.41, 5.74) is 1.45. The van der Waals surface area contributed by atoms with Gasteiger partial charge in [-0.15, -0.1) is 0 Å². The molecule has 0 bridgehead atoms. The molecule has 0 heterocycles. The van der Waals surface area contributed by atoms with Gasteiger partial charge in [0.1, 0.15) is 0 Å². The zero-order valence-electron chi connectivity index (χ0n) is 17.3. The minimum absolute atomic E-state index is 0.469. The predicted octanol–water partition coefficient (Wildman–Crippen LogP) is 5.92. The summed E-state index contributed by atoms with van der Waals surface area (Å²) in [7, 11) is 0. The molecule has 1 aromatic rings. The molecular formula is C23H40NO2+. The molecule has 0 aliphatic rings. The third kappa shape index (κ3) is 7.90. The van der Waals surface area contributed by atoms with Crippen LogP contribution in [0.25, 0.3) is 0 Å². The van der Waals surface area contributed by atoms with Gasteiger partial charge in [-0.1, -0.05) is 58.2 Å². The summed E-state index contributed by atoms with van der Waals surface area (Å²) in [4.78, 5) is 11.4. The van der Waals surface area contributed by atoms with Crippen LogP contribution < -0.4 is 0 Å². The average molecular weight is 363 g/mol. The van der Waals surface area contributed by atoms with E-state index in [4.69, 9.17) is 0 Å². The fraction of sp³-hybridized carbons (Fsp3) is 0.696. The quantitative estimate of drug-likeness (QED) is 0.310. The number of hydrogen-bond acceptors (Lipinski definition) is 1. The fourth-order valence-electron chi connectivity index (χ4n) is 3.86. The first-order chi connectivity index (χ1) is 12.6. The van der Waals surface area contributed by atoms with Crippen LogP contribution in [0.3, 0.4) is 0 Å². The van der Waals surface area contributed by atoms with Gasteiger partial charge in [0.25, 0.3) is 0 Å². The highest BCUT2D eigenvalue weighted by Gasteiger charge is 2.25. The van der Waals surface area contributed by atoms with Gasteiger partial charge in [-0.3, -0.25) is 0 Å². The van der Waals surface area contributed by atoms with Crippen LogP contribution >= 0.6 is 0 Å². The van der Waals surface area contributed by atoms with Gasteiger partial charge >= 0.3 is 5.97 Å². The summed E-state index contributed by atoms with van der Waals surface area (Å²) in [6.45, 7) is 12.0. The third-order valence-electron chi connectivity index (χ3n) is 5.53. The summed E-state index contributed by atoms with van der Waals surface area (Å²) in [6.07, 6.45) is 10.9. The number of nitrogens with zero attached hydrogens (tertiary/aromatic N) is 1. The van der Waals surface area contributed by atoms with E-state index in [-0.39, 0.29) is 0 Å². The molecule has 3 heteroatoms. The highest BCUT2D eigenvalue weighted by molar-refractivity contribution is 5.89. The van der Waals surface area contributed by atoms with E-state index >= 15 is 0 Å². The topological polar surface area (TPSA) is 37.3 Å². The SMILES string of the molecule is CCCC[N+](CCCC)(CCCC)CCCCc1ccccc1C(=O)O. The zero-order valence-corrected chi connectivity index (χ0v) is 17.3. The standard InChI is InChI=1S/C23H39NO2/c1-4-7-17-24(18-8-5-2,19-9-6-3)20-13-12-15-21-14-10-11-16-22(21)23(25)26/h10-11,14,16H,4-9,12-13,15,17-20H2,1-3H3/p+1. The van der Waals surface area contributed by atoms with E-state index < -0.39 is 5.97 Å². The first kappa shape index (κ1) is 22.7. The Bertz CT molecular complexity index is 491. The van der Waals surface area contributed by atoms with Crippen molar-refractivity contribution in [3.05, 3.63) is 35.4 Å². The number of carbonyl (C=O) groups is 1. The molecule has 26 heavy (non-hydrogen) atoms. The molecule has 0 atom stereocenters. The summed E-state index contributed by atoms with van der Waals surface area (Å²) in [5, 5.41) is 9.34. The molecule has 0 saturated carbocycles. The van der Waals surface area contributed by atoms with Crippen molar-refractivity contribution in [1.82, 2.24) is 0 Å². The first-order valence-electron chi connectivity index (χ1n) is 10.7. The van der Waals surface area contributed by atoms with Gasteiger partial charge in [0.05, 0.1) is 31.7 Å². The van der Waals surface area contributed by atoms with Gasteiger partial charge in [0, 0.05) is 0 Å². The maximum Gasteiger partial charge on any atom is 0.335 e. The van der Waals surface area contributed by atoms with Gasteiger partial charge in [0.15, 0.2) is 0 Å². The highest BCUT2D eigenvalue weighted by Crippen LogP contribution is 2.18. The molecule has 1 rings (SSSR count). The zero-order chi connectivity index (χ0) is 19.3. The molecule has 0 aliphatic heterocycles. The Hall–Kier alpha value is -1.35. The lowest BCUT2D eigenvalue weighted by molar-refractivity contribution is -0.929. The van der Waals surface area contributed by atoms with Crippen LogP contribution in [0.4, 0.5) is 0 Å². The van der Waals surface area contributed by atoms with Crippen molar-refractivity contribution in [2.45, 2.75) is 78.6 Å². The second kappa shape index (κ2) is 12.9. The lowest BCUT2D eigenvalue weighted by Gasteiger charge is -2.39. The second-order valence-electron chi connectivity index (χ2n) is 7.72. The van der Waals surface area contributed by atoms with Crippen LogP contribution in [0.2, 0.25) is 0 Å². The number of aromatic carboxylic acids is 1. The number of hydrogen-bond donors (Lipinski definition) is 1. The van der Waals surface area contributed by atoms with Crippen LogP contribution in [0.15, 0.2) is 24.3 Å². The summed E-state index contributed by atoms with van der Waals surface area (Å²) in [6, 6.07) is 7.46. The lowest BCUT2D eigenvalue weighted by Crippen LogP contribution is -2.50. The number of carboxylic acids is 1. The molecule has 0 unspecified atom stereocenters. The predicted molar refractivity (Wildman–Crippen MR) is 111 cm³/mol. The van der Waals surface area contributed by atoms with Gasteiger partial charge in [0.2, 0.25) is 0 Å². The first-order valence-corrected chi connectivity index (χ1v) is 10.7. The molecule has 0 aliphatic carbocycles. The van der Waals surface area contributed by atoms with Crippen LogP contribution in [-0.2, 0) is 6.42 Å². The highest BCUT2D eigenvalue weighted by atomic mass is 16.4. The molecule has 0 radical (unpaired) electrons. The minimum atomic E-state index is -0.806. The van der Waals surface area contributed by atoms with E-state index in [9.17, 15) is 9.90 Å². The van der Waals surface area contributed by atoms with E-state index in [1.807, 2.05) is 18.2 Å². The number of quaternary nitrogens is 1. The molecule has 0 saturated heterocycles. The maximum absolute atomic E-state index is 11.4.